The Morgan fingerprint density at radius 2 is 1.72 bits per heavy atom. The van der Waals surface area contributed by atoms with Gasteiger partial charge < -0.3 is 15.3 Å². The van der Waals surface area contributed by atoms with Crippen molar-refractivity contribution >= 4 is 23.3 Å². The number of aromatic nitrogens is 2. The number of rotatable bonds is 5. The van der Waals surface area contributed by atoms with Crippen molar-refractivity contribution in [3.63, 3.8) is 0 Å². The molecule has 9 heteroatoms. The van der Waals surface area contributed by atoms with Crippen molar-refractivity contribution in [2.45, 2.75) is 56.9 Å². The van der Waals surface area contributed by atoms with Gasteiger partial charge in [0, 0.05) is 18.6 Å². The van der Waals surface area contributed by atoms with Crippen molar-refractivity contribution in [3.05, 3.63) is 16.4 Å². The van der Waals surface area contributed by atoms with E-state index >= 15 is 0 Å². The number of hydrogen-bond donors (Lipinski definition) is 2. The van der Waals surface area contributed by atoms with Gasteiger partial charge in [-0.2, -0.15) is 0 Å². The summed E-state index contributed by atoms with van der Waals surface area (Å²) >= 11 is 0. The highest BCUT2D eigenvalue weighted by molar-refractivity contribution is 5.73. The van der Waals surface area contributed by atoms with Gasteiger partial charge in [0.05, 0.1) is 10.8 Å². The molecule has 29 heavy (non-hydrogen) atoms. The van der Waals surface area contributed by atoms with E-state index in [2.05, 4.69) is 15.3 Å². The summed E-state index contributed by atoms with van der Waals surface area (Å²) < 4.78 is 0. The van der Waals surface area contributed by atoms with Crippen molar-refractivity contribution in [2.75, 3.05) is 23.3 Å². The van der Waals surface area contributed by atoms with Gasteiger partial charge in [0.2, 0.25) is 11.6 Å². The van der Waals surface area contributed by atoms with Crippen LogP contribution in [0.5, 0.6) is 0 Å². The fraction of sp³-hybridized carbons (Fsp3) is 0.750. The van der Waals surface area contributed by atoms with E-state index in [1.54, 1.807) is 0 Å². The lowest BCUT2D eigenvalue weighted by atomic mass is 9.53. The van der Waals surface area contributed by atoms with E-state index in [1.165, 1.54) is 25.6 Å². The van der Waals surface area contributed by atoms with Gasteiger partial charge in [-0.15, -0.1) is 0 Å². The summed E-state index contributed by atoms with van der Waals surface area (Å²) in [6, 6.07) is 0. The molecule has 1 aromatic heterocycles. The summed E-state index contributed by atoms with van der Waals surface area (Å²) in [6.07, 6.45) is 9.44. The molecule has 0 amide bonds. The summed E-state index contributed by atoms with van der Waals surface area (Å²) in [5, 5.41) is 24.7. The second-order valence-corrected chi connectivity index (χ2v) is 9.57. The van der Waals surface area contributed by atoms with Crippen LogP contribution < -0.4 is 10.2 Å². The molecule has 0 unspecified atom stereocenters. The molecule has 5 fully saturated rings. The van der Waals surface area contributed by atoms with E-state index < -0.39 is 11.9 Å². The highest BCUT2D eigenvalue weighted by atomic mass is 16.6. The largest absolute Gasteiger partial charge is 0.481 e. The minimum atomic E-state index is -0.800. The fourth-order valence-electron chi connectivity index (χ4n) is 6.71. The molecule has 0 aromatic carbocycles. The number of anilines is 2. The maximum Gasteiger partial charge on any atom is 0.353 e. The first-order valence-corrected chi connectivity index (χ1v) is 10.7. The number of carboxylic acid groups (broad SMARTS) is 1. The Kier molecular flexibility index (Phi) is 4.36. The average molecular weight is 401 g/mol. The molecule has 2 heterocycles. The number of nitrogens with zero attached hydrogens (tertiary/aromatic N) is 4. The first-order valence-electron chi connectivity index (χ1n) is 10.7. The van der Waals surface area contributed by atoms with Crippen molar-refractivity contribution in [1.29, 1.82) is 0 Å². The maximum atomic E-state index is 12.0. The third kappa shape index (κ3) is 3.30. The Labute approximate surface area is 169 Å². The van der Waals surface area contributed by atoms with E-state index in [4.69, 9.17) is 0 Å². The lowest BCUT2D eigenvalue weighted by Gasteiger charge is -2.57. The zero-order valence-corrected chi connectivity index (χ0v) is 16.4. The third-order valence-electron chi connectivity index (χ3n) is 7.55. The molecular formula is C20H27N5O4. The molecule has 5 aliphatic rings. The molecule has 9 nitrogen and oxygen atoms in total. The summed E-state index contributed by atoms with van der Waals surface area (Å²) in [5.74, 6) is 1.61. The second kappa shape index (κ2) is 6.81. The van der Waals surface area contributed by atoms with Gasteiger partial charge in [-0.25, -0.2) is 9.97 Å². The predicted octanol–water partition coefficient (Wildman–Crippen LogP) is 3.07. The van der Waals surface area contributed by atoms with Crippen LogP contribution >= 0.6 is 0 Å². The minimum Gasteiger partial charge on any atom is -0.481 e. The Morgan fingerprint density at radius 1 is 1.14 bits per heavy atom. The maximum absolute atomic E-state index is 12.0. The number of piperidine rings is 1. The number of carbonyl (C=O) groups is 1. The number of carboxylic acids is 1. The Hall–Kier alpha value is -2.45. The number of hydrogen-bond acceptors (Lipinski definition) is 7. The molecule has 1 saturated heterocycles. The minimum absolute atomic E-state index is 0.0722. The molecule has 0 radical (unpaired) electrons. The van der Waals surface area contributed by atoms with Crippen LogP contribution in [0.15, 0.2) is 6.33 Å². The van der Waals surface area contributed by atoms with Crippen molar-refractivity contribution < 1.29 is 14.8 Å². The number of nitro groups is 1. The smallest absolute Gasteiger partial charge is 0.353 e. The molecule has 2 N–H and O–H groups in total. The van der Waals surface area contributed by atoms with Crippen LogP contribution in [0.1, 0.15) is 51.4 Å². The van der Waals surface area contributed by atoms with E-state index in [1.807, 2.05) is 4.90 Å². The zero-order valence-electron chi connectivity index (χ0n) is 16.4. The normalized spacial score (nSPS) is 33.7. The lowest BCUT2D eigenvalue weighted by molar-refractivity contribution is -0.383. The van der Waals surface area contributed by atoms with Crippen LogP contribution in [-0.4, -0.2) is 44.6 Å². The lowest BCUT2D eigenvalue weighted by Crippen LogP contribution is -2.55. The van der Waals surface area contributed by atoms with Crippen LogP contribution in [0, 0.1) is 33.8 Å². The van der Waals surface area contributed by atoms with Crippen LogP contribution in [0.3, 0.4) is 0 Å². The Bertz CT molecular complexity index is 801. The Morgan fingerprint density at radius 3 is 2.24 bits per heavy atom. The molecule has 0 atom stereocenters. The molecule has 4 aliphatic carbocycles. The van der Waals surface area contributed by atoms with Crippen molar-refractivity contribution in [2.24, 2.45) is 23.7 Å². The summed E-state index contributed by atoms with van der Waals surface area (Å²) in [5.41, 5.74) is -0.154. The van der Waals surface area contributed by atoms with Gasteiger partial charge in [-0.1, -0.05) is 0 Å². The molecular weight excluding hydrogens is 374 g/mol. The van der Waals surface area contributed by atoms with E-state index in [0.29, 0.717) is 37.6 Å². The molecule has 0 spiro atoms. The van der Waals surface area contributed by atoms with E-state index in [-0.39, 0.29) is 16.1 Å². The number of nitrogens with one attached hydrogen (secondary N) is 1. The molecule has 6 rings (SSSR count). The van der Waals surface area contributed by atoms with Gasteiger partial charge in [0.15, 0.2) is 0 Å². The van der Waals surface area contributed by atoms with Gasteiger partial charge in [0.1, 0.15) is 6.33 Å². The number of aliphatic carboxylic acids is 1. The molecule has 4 saturated carbocycles. The van der Waals surface area contributed by atoms with Crippen molar-refractivity contribution in [3.8, 4) is 0 Å². The summed E-state index contributed by atoms with van der Waals surface area (Å²) in [7, 11) is 0. The van der Waals surface area contributed by atoms with Crippen LogP contribution in [0.4, 0.5) is 17.3 Å². The monoisotopic (exact) mass is 401 g/mol. The van der Waals surface area contributed by atoms with Gasteiger partial charge in [-0.05, 0) is 69.1 Å². The first-order chi connectivity index (χ1) is 13.9. The average Bonchev–Trinajstić information content (AvgIpc) is 2.66. The summed E-state index contributed by atoms with van der Waals surface area (Å²) in [6.45, 7) is 0.900. The van der Waals surface area contributed by atoms with Crippen LogP contribution in [-0.2, 0) is 4.79 Å². The first kappa shape index (κ1) is 18.6. The van der Waals surface area contributed by atoms with E-state index in [9.17, 15) is 20.0 Å². The SMILES string of the molecule is O=C(O)C1CCN(c2ncnc(NC34CC5CC(CC(C5)C3)C4)c2[N+](=O)[O-])CC1. The molecule has 1 aromatic rings. The van der Waals surface area contributed by atoms with Crippen molar-refractivity contribution in [1.82, 2.24) is 9.97 Å². The highest BCUT2D eigenvalue weighted by Crippen LogP contribution is 2.57. The molecule has 1 aliphatic heterocycles. The van der Waals surface area contributed by atoms with Gasteiger partial charge in [0.25, 0.3) is 0 Å². The van der Waals surface area contributed by atoms with Gasteiger partial charge in [-0.3, -0.25) is 14.9 Å². The molecule has 156 valence electrons. The topological polar surface area (TPSA) is 121 Å². The zero-order chi connectivity index (χ0) is 20.2. The fourth-order valence-corrected chi connectivity index (χ4v) is 6.71. The van der Waals surface area contributed by atoms with Gasteiger partial charge >= 0.3 is 11.7 Å². The predicted molar refractivity (Wildman–Crippen MR) is 106 cm³/mol. The van der Waals surface area contributed by atoms with Crippen LogP contribution in [0.2, 0.25) is 0 Å². The second-order valence-electron chi connectivity index (χ2n) is 9.57. The van der Waals surface area contributed by atoms with E-state index in [0.717, 1.165) is 37.0 Å². The third-order valence-corrected chi connectivity index (χ3v) is 7.55. The van der Waals surface area contributed by atoms with Crippen LogP contribution in [0.25, 0.3) is 0 Å². The Balaban J connectivity index is 1.42. The summed E-state index contributed by atoms with van der Waals surface area (Å²) in [4.78, 5) is 33.2. The molecule has 4 bridgehead atoms. The highest BCUT2D eigenvalue weighted by Gasteiger charge is 2.51. The quantitative estimate of drug-likeness (QED) is 0.570. The standard InChI is InChI=1S/C20H27N5O4/c26-19(27)15-1-3-24(4-2-15)18-16(25(28)29)17(21-11-22-18)23-20-8-12-5-13(9-20)7-14(6-12)10-20/h11-15H,1-10H2,(H,26,27)(H,21,22,23).